The highest BCUT2D eigenvalue weighted by Gasteiger charge is 1.97. The van der Waals surface area contributed by atoms with Gasteiger partial charge in [0.05, 0.1) is 5.70 Å². The molecular weight excluding hydrogens is 170 g/mol. The summed E-state index contributed by atoms with van der Waals surface area (Å²) in [6, 6.07) is 0. The van der Waals surface area contributed by atoms with E-state index in [9.17, 15) is 0 Å². The fourth-order valence-electron chi connectivity index (χ4n) is 1.19. The number of hydrogen-bond donors (Lipinski definition) is 0. The van der Waals surface area contributed by atoms with Gasteiger partial charge < -0.3 is 0 Å². The van der Waals surface area contributed by atoms with Gasteiger partial charge in [-0.15, -0.1) is 0 Å². The van der Waals surface area contributed by atoms with Crippen molar-refractivity contribution >= 4 is 5.71 Å². The summed E-state index contributed by atoms with van der Waals surface area (Å²) in [5, 5.41) is 0. The minimum absolute atomic E-state index is 1.04. The van der Waals surface area contributed by atoms with E-state index < -0.39 is 0 Å². The van der Waals surface area contributed by atoms with Gasteiger partial charge in [-0.05, 0) is 39.7 Å². The van der Waals surface area contributed by atoms with Crippen LogP contribution in [0.15, 0.2) is 40.6 Å². The summed E-state index contributed by atoms with van der Waals surface area (Å²) in [6.45, 7) is 10.2. The van der Waals surface area contributed by atoms with Crippen molar-refractivity contribution in [2.75, 3.05) is 0 Å². The van der Waals surface area contributed by atoms with Gasteiger partial charge in [0.1, 0.15) is 0 Å². The molecule has 0 spiro atoms. The number of hydrogen-bond acceptors (Lipinski definition) is 1. The molecule has 0 saturated carbocycles. The molecule has 0 saturated heterocycles. The van der Waals surface area contributed by atoms with E-state index in [-0.39, 0.29) is 0 Å². The van der Waals surface area contributed by atoms with Crippen molar-refractivity contribution in [1.29, 1.82) is 0 Å². The highest BCUT2D eigenvalue weighted by Crippen LogP contribution is 2.14. The molecule has 0 unspecified atom stereocenters. The molecule has 0 atom stereocenters. The first-order valence-electron chi connectivity index (χ1n) is 5.17. The van der Waals surface area contributed by atoms with Crippen molar-refractivity contribution in [1.82, 2.24) is 0 Å². The number of rotatable bonds is 4. The zero-order chi connectivity index (χ0) is 11.0. The Hall–Kier alpha value is -1.11. The van der Waals surface area contributed by atoms with Crippen LogP contribution in [0.2, 0.25) is 0 Å². The molecule has 1 nitrogen and oxygen atoms in total. The Morgan fingerprint density at radius 3 is 2.21 bits per heavy atom. The molecule has 0 aliphatic rings. The molecular formula is C13H21N. The van der Waals surface area contributed by atoms with Gasteiger partial charge in [-0.1, -0.05) is 31.2 Å². The summed E-state index contributed by atoms with van der Waals surface area (Å²) < 4.78 is 0. The molecule has 0 N–H and O–H groups in total. The molecule has 1 heteroatoms. The lowest BCUT2D eigenvalue weighted by Gasteiger charge is -2.03. The number of allylic oxidation sites excluding steroid dienone is 4. The van der Waals surface area contributed by atoms with Gasteiger partial charge in [0.2, 0.25) is 0 Å². The summed E-state index contributed by atoms with van der Waals surface area (Å²) in [5.41, 5.74) is 3.35. The molecule has 0 heterocycles. The Kier molecular flexibility index (Phi) is 6.73. The highest BCUT2D eigenvalue weighted by atomic mass is 14.7. The predicted octanol–water partition coefficient (Wildman–Crippen LogP) is 4.28. The summed E-state index contributed by atoms with van der Waals surface area (Å²) in [4.78, 5) is 4.49. The second-order valence-electron chi connectivity index (χ2n) is 3.30. The Morgan fingerprint density at radius 1 is 1.21 bits per heavy atom. The van der Waals surface area contributed by atoms with Gasteiger partial charge in [-0.25, -0.2) is 0 Å². The minimum Gasteiger partial charge on any atom is -0.258 e. The van der Waals surface area contributed by atoms with E-state index in [0.29, 0.717) is 0 Å². The van der Waals surface area contributed by atoms with E-state index >= 15 is 0 Å². The third-order valence-electron chi connectivity index (χ3n) is 1.68. The highest BCUT2D eigenvalue weighted by molar-refractivity contribution is 5.80. The van der Waals surface area contributed by atoms with Gasteiger partial charge in [-0.2, -0.15) is 0 Å². The quantitative estimate of drug-likeness (QED) is 0.464. The van der Waals surface area contributed by atoms with Crippen LogP contribution >= 0.6 is 0 Å². The fourth-order valence-corrected chi connectivity index (χ4v) is 1.19. The van der Waals surface area contributed by atoms with E-state index in [2.05, 4.69) is 30.1 Å². The maximum absolute atomic E-state index is 4.49. The van der Waals surface area contributed by atoms with E-state index in [1.165, 1.54) is 5.57 Å². The maximum atomic E-state index is 4.49. The summed E-state index contributed by atoms with van der Waals surface area (Å²) in [5.74, 6) is 0. The monoisotopic (exact) mass is 191 g/mol. The average Bonchev–Trinajstić information content (AvgIpc) is 2.13. The van der Waals surface area contributed by atoms with Crippen molar-refractivity contribution in [2.45, 2.75) is 41.0 Å². The van der Waals surface area contributed by atoms with Crippen molar-refractivity contribution in [3.8, 4) is 0 Å². The van der Waals surface area contributed by atoms with Gasteiger partial charge in [0.25, 0.3) is 0 Å². The normalized spacial score (nSPS) is 13.5. The summed E-state index contributed by atoms with van der Waals surface area (Å²) in [7, 11) is 0. The third kappa shape index (κ3) is 4.80. The molecule has 0 amide bonds. The molecule has 0 radical (unpaired) electrons. The van der Waals surface area contributed by atoms with E-state index in [1.54, 1.807) is 0 Å². The first-order valence-corrected chi connectivity index (χ1v) is 5.17. The molecule has 0 aliphatic heterocycles. The van der Waals surface area contributed by atoms with Crippen LogP contribution in [0.5, 0.6) is 0 Å². The van der Waals surface area contributed by atoms with Crippen LogP contribution in [0.3, 0.4) is 0 Å². The van der Waals surface area contributed by atoms with Crippen LogP contribution in [-0.2, 0) is 0 Å². The lowest BCUT2D eigenvalue weighted by molar-refractivity contribution is 1.18. The molecule has 0 aromatic rings. The molecule has 0 fully saturated rings. The van der Waals surface area contributed by atoms with Gasteiger partial charge in [-0.3, -0.25) is 4.99 Å². The van der Waals surface area contributed by atoms with E-state index in [0.717, 1.165) is 17.8 Å². The van der Waals surface area contributed by atoms with Gasteiger partial charge in [0, 0.05) is 5.71 Å². The van der Waals surface area contributed by atoms with Crippen LogP contribution < -0.4 is 0 Å². The lowest BCUT2D eigenvalue weighted by atomic mass is 10.1. The first-order chi connectivity index (χ1) is 6.65. The number of nitrogens with zero attached hydrogens (tertiary/aromatic N) is 1. The molecule has 0 aromatic heterocycles. The topological polar surface area (TPSA) is 12.4 Å². The SMILES string of the molecule is C\C=C/C(=C\CC)C(=C/C)/N=C(C)C. The Labute approximate surface area is 87.9 Å². The zero-order valence-corrected chi connectivity index (χ0v) is 9.96. The van der Waals surface area contributed by atoms with Crippen molar-refractivity contribution < 1.29 is 0 Å². The maximum Gasteiger partial charge on any atom is 0.0655 e. The lowest BCUT2D eigenvalue weighted by Crippen LogP contribution is -1.88. The third-order valence-corrected chi connectivity index (χ3v) is 1.68. The largest absolute Gasteiger partial charge is 0.258 e. The number of aliphatic imine (C=N–C) groups is 1. The Bertz CT molecular complexity index is 274. The van der Waals surface area contributed by atoms with E-state index in [4.69, 9.17) is 0 Å². The van der Waals surface area contributed by atoms with Crippen LogP contribution in [0, 0.1) is 0 Å². The van der Waals surface area contributed by atoms with Crippen molar-refractivity contribution in [3.05, 3.63) is 35.6 Å². The van der Waals surface area contributed by atoms with E-state index in [1.807, 2.05) is 33.8 Å². The standard InChI is InChI=1S/C13H21N/c1-6-9-12(10-7-2)13(8-3)14-11(4)5/h6,8-10H,7H2,1-5H3/b9-6-,12-10+,13-8-. The molecule has 0 rings (SSSR count). The second kappa shape index (κ2) is 7.31. The fraction of sp³-hybridized carbons (Fsp3) is 0.462. The molecule has 0 aliphatic carbocycles. The Morgan fingerprint density at radius 2 is 1.86 bits per heavy atom. The summed E-state index contributed by atoms with van der Waals surface area (Å²) >= 11 is 0. The Balaban J connectivity index is 4.98. The predicted molar refractivity (Wildman–Crippen MR) is 65.7 cm³/mol. The molecule has 0 bridgehead atoms. The first kappa shape index (κ1) is 12.9. The average molecular weight is 191 g/mol. The second-order valence-corrected chi connectivity index (χ2v) is 3.30. The van der Waals surface area contributed by atoms with Gasteiger partial charge in [0.15, 0.2) is 0 Å². The summed E-state index contributed by atoms with van der Waals surface area (Å²) in [6.07, 6.45) is 9.43. The molecule has 14 heavy (non-hydrogen) atoms. The van der Waals surface area contributed by atoms with Crippen molar-refractivity contribution in [3.63, 3.8) is 0 Å². The van der Waals surface area contributed by atoms with Crippen LogP contribution in [0.1, 0.15) is 41.0 Å². The van der Waals surface area contributed by atoms with Crippen LogP contribution in [0.25, 0.3) is 0 Å². The van der Waals surface area contributed by atoms with Gasteiger partial charge >= 0.3 is 0 Å². The minimum atomic E-state index is 1.04. The molecule has 78 valence electrons. The molecule has 0 aromatic carbocycles. The zero-order valence-electron chi connectivity index (χ0n) is 9.96. The van der Waals surface area contributed by atoms with Crippen LogP contribution in [0.4, 0.5) is 0 Å². The van der Waals surface area contributed by atoms with Crippen molar-refractivity contribution in [2.24, 2.45) is 4.99 Å². The van der Waals surface area contributed by atoms with Crippen LogP contribution in [-0.4, -0.2) is 5.71 Å². The smallest absolute Gasteiger partial charge is 0.0655 e.